The predicted molar refractivity (Wildman–Crippen MR) is 106 cm³/mol. The standard InChI is InChI=1S/C23H32O2/c1-14-18(22(3,4)5)11-9-16(20(14)24)13-17-10-12-19(23(6,7)8)15(2)21(17)25/h9-12,24-25H,13H2,1-8H3. The second-order valence-corrected chi connectivity index (χ2v) is 9.17. The summed E-state index contributed by atoms with van der Waals surface area (Å²) in [5, 5.41) is 21.3. The number of phenolic OH excluding ortho intramolecular Hbond substituents is 2. The summed E-state index contributed by atoms with van der Waals surface area (Å²) in [5.74, 6) is 0.675. The highest BCUT2D eigenvalue weighted by Gasteiger charge is 2.22. The van der Waals surface area contributed by atoms with E-state index in [4.69, 9.17) is 0 Å². The molecule has 0 aromatic heterocycles. The third kappa shape index (κ3) is 3.84. The van der Waals surface area contributed by atoms with Crippen molar-refractivity contribution < 1.29 is 10.2 Å². The maximum atomic E-state index is 10.7. The van der Waals surface area contributed by atoms with Gasteiger partial charge in [-0.15, -0.1) is 0 Å². The fraction of sp³-hybridized carbons (Fsp3) is 0.478. The Bertz CT molecular complexity index is 720. The highest BCUT2D eigenvalue weighted by atomic mass is 16.3. The molecular formula is C23H32O2. The molecule has 2 aromatic carbocycles. The van der Waals surface area contributed by atoms with Crippen LogP contribution >= 0.6 is 0 Å². The van der Waals surface area contributed by atoms with E-state index in [-0.39, 0.29) is 10.8 Å². The van der Waals surface area contributed by atoms with Gasteiger partial charge < -0.3 is 10.2 Å². The van der Waals surface area contributed by atoms with Crippen LogP contribution in [0.25, 0.3) is 0 Å². The number of aromatic hydroxyl groups is 2. The molecule has 0 aliphatic rings. The summed E-state index contributed by atoms with van der Waals surface area (Å²) in [7, 11) is 0. The molecule has 2 rings (SSSR count). The summed E-state index contributed by atoms with van der Waals surface area (Å²) in [4.78, 5) is 0. The number of hydrogen-bond acceptors (Lipinski definition) is 2. The molecule has 0 aliphatic carbocycles. The van der Waals surface area contributed by atoms with Crippen molar-refractivity contribution in [1.29, 1.82) is 0 Å². The van der Waals surface area contributed by atoms with Crippen LogP contribution in [0, 0.1) is 13.8 Å². The summed E-state index contributed by atoms with van der Waals surface area (Å²) in [6.45, 7) is 16.8. The van der Waals surface area contributed by atoms with Crippen LogP contribution in [0.1, 0.15) is 74.9 Å². The van der Waals surface area contributed by atoms with E-state index >= 15 is 0 Å². The fourth-order valence-corrected chi connectivity index (χ4v) is 3.63. The first-order valence-corrected chi connectivity index (χ1v) is 8.98. The first kappa shape index (κ1) is 19.4. The van der Waals surface area contributed by atoms with E-state index in [9.17, 15) is 10.2 Å². The highest BCUT2D eigenvalue weighted by Crippen LogP contribution is 2.37. The van der Waals surface area contributed by atoms with Crippen LogP contribution in [0.5, 0.6) is 11.5 Å². The molecule has 2 N–H and O–H groups in total. The monoisotopic (exact) mass is 340 g/mol. The van der Waals surface area contributed by atoms with Gasteiger partial charge in [-0.1, -0.05) is 65.8 Å². The smallest absolute Gasteiger partial charge is 0.122 e. The molecular weight excluding hydrogens is 308 g/mol. The van der Waals surface area contributed by atoms with Gasteiger partial charge in [-0.05, 0) is 58.1 Å². The van der Waals surface area contributed by atoms with Gasteiger partial charge in [0.25, 0.3) is 0 Å². The zero-order valence-corrected chi connectivity index (χ0v) is 16.9. The van der Waals surface area contributed by atoms with E-state index in [1.54, 1.807) is 0 Å². The third-order valence-corrected chi connectivity index (χ3v) is 5.03. The van der Waals surface area contributed by atoms with E-state index in [0.717, 1.165) is 33.4 Å². The quantitative estimate of drug-likeness (QED) is 0.714. The Balaban J connectivity index is 2.45. The van der Waals surface area contributed by atoms with Gasteiger partial charge in [0, 0.05) is 6.42 Å². The molecule has 0 heterocycles. The maximum absolute atomic E-state index is 10.7. The number of phenols is 2. The zero-order chi connectivity index (χ0) is 19.2. The van der Waals surface area contributed by atoms with Crippen LogP contribution in [0.2, 0.25) is 0 Å². The Labute approximate surface area is 152 Å². The molecule has 0 spiro atoms. The molecule has 0 bridgehead atoms. The molecule has 0 radical (unpaired) electrons. The third-order valence-electron chi connectivity index (χ3n) is 5.03. The zero-order valence-electron chi connectivity index (χ0n) is 16.9. The fourth-order valence-electron chi connectivity index (χ4n) is 3.63. The Morgan fingerprint density at radius 2 is 0.960 bits per heavy atom. The Morgan fingerprint density at radius 1 is 0.640 bits per heavy atom. The average Bonchev–Trinajstić information content (AvgIpc) is 2.46. The normalized spacial score (nSPS) is 12.5. The van der Waals surface area contributed by atoms with Crippen molar-refractivity contribution >= 4 is 0 Å². The van der Waals surface area contributed by atoms with E-state index in [2.05, 4.69) is 53.7 Å². The van der Waals surface area contributed by atoms with Gasteiger partial charge in [0.15, 0.2) is 0 Å². The molecule has 0 fully saturated rings. The number of rotatable bonds is 2. The lowest BCUT2D eigenvalue weighted by atomic mass is 9.81. The molecule has 2 nitrogen and oxygen atoms in total. The lowest BCUT2D eigenvalue weighted by Gasteiger charge is -2.24. The van der Waals surface area contributed by atoms with Crippen molar-refractivity contribution in [1.82, 2.24) is 0 Å². The second-order valence-electron chi connectivity index (χ2n) is 9.17. The minimum atomic E-state index is -0.00677. The van der Waals surface area contributed by atoms with Gasteiger partial charge in [0.2, 0.25) is 0 Å². The van der Waals surface area contributed by atoms with Gasteiger partial charge in [0.1, 0.15) is 11.5 Å². The summed E-state index contributed by atoms with van der Waals surface area (Å²) >= 11 is 0. The molecule has 0 amide bonds. The minimum Gasteiger partial charge on any atom is -0.507 e. The Hall–Kier alpha value is -1.96. The van der Waals surface area contributed by atoms with Gasteiger partial charge in [-0.3, -0.25) is 0 Å². The topological polar surface area (TPSA) is 40.5 Å². The van der Waals surface area contributed by atoms with E-state index < -0.39 is 0 Å². The van der Waals surface area contributed by atoms with Gasteiger partial charge in [0.05, 0.1) is 0 Å². The molecule has 136 valence electrons. The van der Waals surface area contributed by atoms with Crippen molar-refractivity contribution in [3.63, 3.8) is 0 Å². The van der Waals surface area contributed by atoms with Crippen LogP contribution in [0.4, 0.5) is 0 Å². The number of benzene rings is 2. The van der Waals surface area contributed by atoms with E-state index in [1.165, 1.54) is 0 Å². The first-order chi connectivity index (χ1) is 11.3. The van der Waals surface area contributed by atoms with Crippen molar-refractivity contribution in [2.45, 2.75) is 72.6 Å². The van der Waals surface area contributed by atoms with E-state index in [1.807, 2.05) is 26.0 Å². The van der Waals surface area contributed by atoms with Crippen molar-refractivity contribution in [3.8, 4) is 11.5 Å². The largest absolute Gasteiger partial charge is 0.507 e. The minimum absolute atomic E-state index is 0.00677. The highest BCUT2D eigenvalue weighted by molar-refractivity contribution is 5.53. The predicted octanol–water partition coefficient (Wildman–Crippen LogP) is 5.90. The first-order valence-electron chi connectivity index (χ1n) is 8.98. The van der Waals surface area contributed by atoms with Crippen LogP contribution in [0.3, 0.4) is 0 Å². The SMILES string of the molecule is Cc1c(C(C)(C)C)ccc(Cc2ccc(C(C)(C)C)c(C)c2O)c1O. The van der Waals surface area contributed by atoms with Gasteiger partial charge >= 0.3 is 0 Å². The summed E-state index contributed by atoms with van der Waals surface area (Å²) in [6.07, 6.45) is 0.522. The van der Waals surface area contributed by atoms with Crippen LogP contribution in [-0.2, 0) is 17.3 Å². The molecule has 0 unspecified atom stereocenters. The Morgan fingerprint density at radius 3 is 1.24 bits per heavy atom. The Kier molecular flexibility index (Phi) is 4.96. The molecule has 0 aliphatic heterocycles. The van der Waals surface area contributed by atoms with Crippen LogP contribution in [0.15, 0.2) is 24.3 Å². The second kappa shape index (κ2) is 6.40. The average molecular weight is 341 g/mol. The summed E-state index contributed by atoms with van der Waals surface area (Å²) in [6, 6.07) is 8.15. The number of hydrogen-bond donors (Lipinski definition) is 2. The molecule has 0 saturated heterocycles. The van der Waals surface area contributed by atoms with Crippen LogP contribution < -0.4 is 0 Å². The molecule has 2 heteroatoms. The lowest BCUT2D eigenvalue weighted by molar-refractivity contribution is 0.453. The van der Waals surface area contributed by atoms with Gasteiger partial charge in [-0.2, -0.15) is 0 Å². The van der Waals surface area contributed by atoms with Crippen molar-refractivity contribution in [2.75, 3.05) is 0 Å². The molecule has 25 heavy (non-hydrogen) atoms. The molecule has 0 atom stereocenters. The van der Waals surface area contributed by atoms with Crippen molar-refractivity contribution in [3.05, 3.63) is 57.6 Å². The van der Waals surface area contributed by atoms with Crippen LogP contribution in [-0.4, -0.2) is 10.2 Å². The lowest BCUT2D eigenvalue weighted by Crippen LogP contribution is -2.14. The maximum Gasteiger partial charge on any atom is 0.122 e. The summed E-state index contributed by atoms with van der Waals surface area (Å²) in [5.41, 5.74) is 5.84. The molecule has 2 aromatic rings. The van der Waals surface area contributed by atoms with Gasteiger partial charge in [-0.25, -0.2) is 0 Å². The molecule has 0 saturated carbocycles. The summed E-state index contributed by atoms with van der Waals surface area (Å²) < 4.78 is 0. The van der Waals surface area contributed by atoms with Crippen molar-refractivity contribution in [2.24, 2.45) is 0 Å². The van der Waals surface area contributed by atoms with E-state index in [0.29, 0.717) is 17.9 Å².